The zero-order valence-corrected chi connectivity index (χ0v) is 11.3. The summed E-state index contributed by atoms with van der Waals surface area (Å²) < 4.78 is 37.3. The molecule has 3 heterocycles. The third-order valence-corrected chi connectivity index (χ3v) is 4.13. The van der Waals surface area contributed by atoms with Gasteiger partial charge in [0.05, 0.1) is 5.56 Å². The van der Waals surface area contributed by atoms with Gasteiger partial charge in [-0.25, -0.2) is 0 Å². The average molecular weight is 299 g/mol. The summed E-state index contributed by atoms with van der Waals surface area (Å²) in [6.07, 6.45) is 0.230. The predicted octanol–water partition coefficient (Wildman–Crippen LogP) is 2.11. The number of aromatic nitrogens is 1. The Morgan fingerprint density at radius 1 is 1.24 bits per heavy atom. The lowest BCUT2D eigenvalue weighted by atomic mass is 10.00. The first-order valence-corrected chi connectivity index (χ1v) is 7.02. The van der Waals surface area contributed by atoms with Gasteiger partial charge in [0.15, 0.2) is 0 Å². The summed E-state index contributed by atoms with van der Waals surface area (Å²) in [6.45, 7) is 0. The Kier molecular flexibility index (Phi) is 3.61. The number of amides is 1. The smallest absolute Gasteiger partial charge is 0.348 e. The van der Waals surface area contributed by atoms with Crippen LogP contribution in [-0.4, -0.2) is 29.0 Å². The lowest BCUT2D eigenvalue weighted by Gasteiger charge is -2.29. The van der Waals surface area contributed by atoms with Crippen molar-refractivity contribution < 1.29 is 18.0 Å². The highest BCUT2D eigenvalue weighted by Crippen LogP contribution is 2.29. The molecule has 2 unspecified atom stereocenters. The first-order valence-electron chi connectivity index (χ1n) is 7.02. The lowest BCUT2D eigenvalue weighted by molar-refractivity contribution is -0.137. The Morgan fingerprint density at radius 2 is 1.90 bits per heavy atom. The topological polar surface area (TPSA) is 54.0 Å². The normalized spacial score (nSPS) is 28.4. The van der Waals surface area contributed by atoms with Gasteiger partial charge in [-0.1, -0.05) is 0 Å². The molecule has 2 aliphatic heterocycles. The minimum Gasteiger partial charge on any atom is -0.348 e. The number of pyridine rings is 1. The minimum absolute atomic E-state index is 0.0221. The van der Waals surface area contributed by atoms with Gasteiger partial charge in [-0.3, -0.25) is 9.78 Å². The van der Waals surface area contributed by atoms with Crippen molar-refractivity contribution in [3.63, 3.8) is 0 Å². The number of hydrogen-bond acceptors (Lipinski definition) is 3. The molecule has 2 aliphatic rings. The van der Waals surface area contributed by atoms with E-state index in [1.165, 1.54) is 0 Å². The van der Waals surface area contributed by atoms with Crippen molar-refractivity contribution in [1.82, 2.24) is 15.6 Å². The number of nitrogens with zero attached hydrogens (tertiary/aromatic N) is 1. The molecule has 0 saturated carbocycles. The van der Waals surface area contributed by atoms with Crippen molar-refractivity contribution in [2.75, 3.05) is 0 Å². The number of hydrogen-bond donors (Lipinski definition) is 2. The fourth-order valence-electron chi connectivity index (χ4n) is 3.13. The van der Waals surface area contributed by atoms with Gasteiger partial charge in [0.1, 0.15) is 5.69 Å². The highest BCUT2D eigenvalue weighted by molar-refractivity contribution is 5.92. The van der Waals surface area contributed by atoms with E-state index in [-0.39, 0.29) is 11.7 Å². The van der Waals surface area contributed by atoms with Gasteiger partial charge in [-0.15, -0.1) is 0 Å². The highest BCUT2D eigenvalue weighted by atomic mass is 19.4. The van der Waals surface area contributed by atoms with Crippen LogP contribution in [0.2, 0.25) is 0 Å². The van der Waals surface area contributed by atoms with Crippen molar-refractivity contribution in [2.45, 2.75) is 50.0 Å². The average Bonchev–Trinajstić information content (AvgIpc) is 2.77. The number of carbonyl (C=O) groups excluding carboxylic acids is 1. The maximum Gasteiger partial charge on any atom is 0.417 e. The fourth-order valence-corrected chi connectivity index (χ4v) is 3.13. The molecule has 3 rings (SSSR count). The fraction of sp³-hybridized carbons (Fsp3) is 0.571. The number of rotatable bonds is 2. The lowest BCUT2D eigenvalue weighted by Crippen LogP contribution is -2.48. The summed E-state index contributed by atoms with van der Waals surface area (Å²) in [5, 5.41) is 6.34. The van der Waals surface area contributed by atoms with Crippen LogP contribution in [0.3, 0.4) is 0 Å². The highest BCUT2D eigenvalue weighted by Gasteiger charge is 2.34. The summed E-state index contributed by atoms with van der Waals surface area (Å²) in [5.74, 6) is -0.407. The number of piperidine rings is 1. The molecule has 1 aromatic heterocycles. The molecule has 4 nitrogen and oxygen atoms in total. The molecule has 21 heavy (non-hydrogen) atoms. The van der Waals surface area contributed by atoms with E-state index in [1.54, 1.807) is 0 Å². The number of fused-ring (bicyclic) bond motifs is 2. The van der Waals surface area contributed by atoms with E-state index < -0.39 is 17.6 Å². The molecule has 2 fully saturated rings. The van der Waals surface area contributed by atoms with Crippen LogP contribution in [-0.2, 0) is 6.18 Å². The molecule has 2 bridgehead atoms. The summed E-state index contributed by atoms with van der Waals surface area (Å²) in [7, 11) is 0. The SMILES string of the molecule is O=C(NC1CC2CCC(C1)N2)c1ccc(C(F)(F)F)cn1. The molecule has 0 aliphatic carbocycles. The van der Waals surface area contributed by atoms with Crippen molar-refractivity contribution in [2.24, 2.45) is 0 Å². The largest absolute Gasteiger partial charge is 0.417 e. The van der Waals surface area contributed by atoms with Crippen molar-refractivity contribution in [1.29, 1.82) is 0 Å². The quantitative estimate of drug-likeness (QED) is 0.879. The van der Waals surface area contributed by atoms with E-state index in [0.717, 1.165) is 37.8 Å². The molecule has 0 aromatic carbocycles. The van der Waals surface area contributed by atoms with Crippen molar-refractivity contribution in [3.05, 3.63) is 29.6 Å². The van der Waals surface area contributed by atoms with E-state index in [9.17, 15) is 18.0 Å². The zero-order valence-electron chi connectivity index (χ0n) is 11.3. The van der Waals surface area contributed by atoms with Gasteiger partial charge < -0.3 is 10.6 Å². The summed E-state index contributed by atoms with van der Waals surface area (Å²) in [6, 6.07) is 2.95. The van der Waals surface area contributed by atoms with Crippen molar-refractivity contribution in [3.8, 4) is 0 Å². The van der Waals surface area contributed by atoms with Crippen LogP contribution in [0.15, 0.2) is 18.3 Å². The van der Waals surface area contributed by atoms with Crippen LogP contribution >= 0.6 is 0 Å². The van der Waals surface area contributed by atoms with Gasteiger partial charge in [0, 0.05) is 24.3 Å². The predicted molar refractivity (Wildman–Crippen MR) is 69.7 cm³/mol. The van der Waals surface area contributed by atoms with Gasteiger partial charge >= 0.3 is 6.18 Å². The molecule has 7 heteroatoms. The molecule has 114 valence electrons. The van der Waals surface area contributed by atoms with Gasteiger partial charge in [0.25, 0.3) is 5.91 Å². The molecular weight excluding hydrogens is 283 g/mol. The molecule has 0 spiro atoms. The first kappa shape index (κ1) is 14.3. The Morgan fingerprint density at radius 3 is 2.43 bits per heavy atom. The van der Waals surface area contributed by atoms with Gasteiger partial charge in [0.2, 0.25) is 0 Å². The van der Waals surface area contributed by atoms with E-state index in [4.69, 9.17) is 0 Å². The standard InChI is InChI=1S/C14H16F3N3O/c15-14(16,17)8-1-4-12(18-7-8)13(21)20-11-5-9-2-3-10(6-11)19-9/h1,4,7,9-11,19H,2-3,5-6H2,(H,20,21). The summed E-state index contributed by atoms with van der Waals surface area (Å²) >= 11 is 0. The zero-order chi connectivity index (χ0) is 15.0. The summed E-state index contributed by atoms with van der Waals surface area (Å²) in [5.41, 5.74) is -0.826. The van der Waals surface area contributed by atoms with Crippen molar-refractivity contribution >= 4 is 5.91 Å². The number of alkyl halides is 3. The molecule has 2 N–H and O–H groups in total. The van der Waals surface area contributed by atoms with Crippen LogP contribution in [0.4, 0.5) is 13.2 Å². The van der Waals surface area contributed by atoms with Crippen LogP contribution in [0.5, 0.6) is 0 Å². The van der Waals surface area contributed by atoms with Crippen LogP contribution in [0.1, 0.15) is 41.7 Å². The summed E-state index contributed by atoms with van der Waals surface area (Å²) in [4.78, 5) is 15.6. The molecule has 2 atom stereocenters. The Bertz CT molecular complexity index is 517. The molecular formula is C14H16F3N3O. The second-order valence-electron chi connectivity index (χ2n) is 5.71. The second kappa shape index (κ2) is 5.29. The first-order chi connectivity index (χ1) is 9.91. The maximum absolute atomic E-state index is 12.4. The molecule has 1 aromatic rings. The maximum atomic E-state index is 12.4. The molecule has 1 amide bonds. The Hall–Kier alpha value is -1.63. The molecule has 0 radical (unpaired) electrons. The third kappa shape index (κ3) is 3.18. The van der Waals surface area contributed by atoms with E-state index in [2.05, 4.69) is 15.6 Å². The molecule has 2 saturated heterocycles. The minimum atomic E-state index is -4.43. The number of carbonyl (C=O) groups is 1. The Labute approximate surface area is 120 Å². The van der Waals surface area contributed by atoms with Crippen LogP contribution < -0.4 is 10.6 Å². The monoisotopic (exact) mass is 299 g/mol. The van der Waals surface area contributed by atoms with Gasteiger partial charge in [-0.05, 0) is 37.8 Å². The van der Waals surface area contributed by atoms with Crippen LogP contribution in [0.25, 0.3) is 0 Å². The van der Waals surface area contributed by atoms with Crippen LogP contribution in [0, 0.1) is 0 Å². The van der Waals surface area contributed by atoms with E-state index in [1.807, 2.05) is 0 Å². The van der Waals surface area contributed by atoms with E-state index >= 15 is 0 Å². The van der Waals surface area contributed by atoms with Gasteiger partial charge in [-0.2, -0.15) is 13.2 Å². The number of halogens is 3. The number of nitrogens with one attached hydrogen (secondary N) is 2. The third-order valence-electron chi connectivity index (χ3n) is 4.13. The second-order valence-corrected chi connectivity index (χ2v) is 5.71. The van der Waals surface area contributed by atoms with E-state index in [0.29, 0.717) is 18.3 Å². The Balaban J connectivity index is 1.63.